The molecule has 1 heterocycles. The smallest absolute Gasteiger partial charge is 0.313 e. The Balaban J connectivity index is 2.48. The number of rotatable bonds is 6. The maximum atomic E-state index is 11.5. The first-order valence-corrected chi connectivity index (χ1v) is 6.37. The summed E-state index contributed by atoms with van der Waals surface area (Å²) < 4.78 is 20.5. The molecule has 112 valence electrons. The topological polar surface area (TPSA) is 70.8 Å². The first kappa shape index (κ1) is 15.2. The van der Waals surface area contributed by atoms with Crippen molar-refractivity contribution in [3.63, 3.8) is 0 Å². The van der Waals surface area contributed by atoms with Crippen molar-refractivity contribution in [2.45, 2.75) is 12.7 Å². The van der Waals surface area contributed by atoms with Gasteiger partial charge in [0.1, 0.15) is 12.1 Å². The van der Waals surface area contributed by atoms with Crippen LogP contribution in [0.15, 0.2) is 34.9 Å². The van der Waals surface area contributed by atoms with E-state index in [4.69, 9.17) is 14.0 Å². The molecule has 0 radical (unpaired) electrons. The summed E-state index contributed by atoms with van der Waals surface area (Å²) in [5.74, 6) is -0.0487. The molecule has 6 heteroatoms. The monoisotopic (exact) mass is 291 g/mol. The summed E-state index contributed by atoms with van der Waals surface area (Å²) in [5, 5.41) is 4.05. The van der Waals surface area contributed by atoms with Crippen molar-refractivity contribution in [1.29, 1.82) is 0 Å². The highest BCUT2D eigenvalue weighted by Gasteiger charge is 2.27. The van der Waals surface area contributed by atoms with Crippen LogP contribution < -0.4 is 0 Å². The van der Waals surface area contributed by atoms with Crippen LogP contribution >= 0.6 is 0 Å². The van der Waals surface area contributed by atoms with Gasteiger partial charge in [-0.3, -0.25) is 4.79 Å². The van der Waals surface area contributed by atoms with Gasteiger partial charge in [0.2, 0.25) is 0 Å². The lowest BCUT2D eigenvalue weighted by Crippen LogP contribution is -2.10. The second kappa shape index (κ2) is 7.01. The Morgan fingerprint density at radius 1 is 1.19 bits per heavy atom. The summed E-state index contributed by atoms with van der Waals surface area (Å²) >= 11 is 0. The Hall–Kier alpha value is -2.18. The van der Waals surface area contributed by atoms with Gasteiger partial charge in [-0.25, -0.2) is 0 Å². The van der Waals surface area contributed by atoms with E-state index in [1.54, 1.807) is 0 Å². The van der Waals surface area contributed by atoms with Gasteiger partial charge in [0.05, 0.1) is 12.7 Å². The van der Waals surface area contributed by atoms with E-state index in [-0.39, 0.29) is 6.42 Å². The fraction of sp³-hybridized carbons (Fsp3) is 0.333. The van der Waals surface area contributed by atoms with Crippen molar-refractivity contribution < 1.29 is 23.5 Å². The first-order chi connectivity index (χ1) is 10.2. The van der Waals surface area contributed by atoms with Gasteiger partial charge in [-0.15, -0.1) is 0 Å². The Kier molecular flexibility index (Phi) is 5.08. The number of carbonyl (C=O) groups is 1. The van der Waals surface area contributed by atoms with Crippen molar-refractivity contribution in [2.75, 3.05) is 21.3 Å². The maximum Gasteiger partial charge on any atom is 0.313 e. The lowest BCUT2D eigenvalue weighted by Gasteiger charge is -2.14. The molecule has 2 rings (SSSR count). The van der Waals surface area contributed by atoms with Crippen LogP contribution in [0.2, 0.25) is 0 Å². The molecular weight excluding hydrogens is 274 g/mol. The standard InChI is InChI=1S/C15H17NO5/c1-18-12(17)9-11-13(15(19-2)20-3)14(16-21-11)10-7-5-4-6-8-10/h4-8,15H,9H2,1-3H3. The number of aromatic nitrogens is 1. The largest absolute Gasteiger partial charge is 0.469 e. The lowest BCUT2D eigenvalue weighted by atomic mass is 10.0. The van der Waals surface area contributed by atoms with Gasteiger partial charge in [-0.1, -0.05) is 35.5 Å². The van der Waals surface area contributed by atoms with Gasteiger partial charge < -0.3 is 18.7 Å². The minimum atomic E-state index is -0.675. The van der Waals surface area contributed by atoms with Crippen molar-refractivity contribution >= 4 is 5.97 Å². The molecule has 0 amide bonds. The summed E-state index contributed by atoms with van der Waals surface area (Å²) in [7, 11) is 4.34. The number of esters is 1. The van der Waals surface area contributed by atoms with Gasteiger partial charge in [0, 0.05) is 19.8 Å². The van der Waals surface area contributed by atoms with Crippen molar-refractivity contribution in [3.05, 3.63) is 41.7 Å². The molecule has 0 fully saturated rings. The average molecular weight is 291 g/mol. The lowest BCUT2D eigenvalue weighted by molar-refractivity contribution is -0.140. The molecule has 0 atom stereocenters. The minimum absolute atomic E-state index is 0.0329. The summed E-state index contributed by atoms with van der Waals surface area (Å²) in [4.78, 5) is 11.5. The third-order valence-electron chi connectivity index (χ3n) is 3.05. The van der Waals surface area contributed by atoms with E-state index in [0.717, 1.165) is 5.56 Å². The zero-order valence-electron chi connectivity index (χ0n) is 12.2. The maximum absolute atomic E-state index is 11.5. The van der Waals surface area contributed by atoms with E-state index < -0.39 is 12.3 Å². The molecule has 0 spiro atoms. The summed E-state index contributed by atoms with van der Waals surface area (Å²) in [6.45, 7) is 0. The number of hydrogen-bond acceptors (Lipinski definition) is 6. The quantitative estimate of drug-likeness (QED) is 0.601. The zero-order chi connectivity index (χ0) is 15.2. The number of benzene rings is 1. The van der Waals surface area contributed by atoms with E-state index in [0.29, 0.717) is 17.0 Å². The number of nitrogens with zero attached hydrogens (tertiary/aromatic N) is 1. The summed E-state index contributed by atoms with van der Waals surface area (Å²) in [6.07, 6.45) is -0.708. The van der Waals surface area contributed by atoms with Gasteiger partial charge in [-0.2, -0.15) is 0 Å². The molecule has 1 aromatic heterocycles. The second-order valence-corrected chi connectivity index (χ2v) is 4.29. The number of carbonyl (C=O) groups excluding carboxylic acids is 1. The number of hydrogen-bond donors (Lipinski definition) is 0. The Labute approximate surface area is 122 Å². The van der Waals surface area contributed by atoms with Crippen LogP contribution in [0.3, 0.4) is 0 Å². The fourth-order valence-corrected chi connectivity index (χ4v) is 2.04. The van der Waals surface area contributed by atoms with Crippen LogP contribution in [0, 0.1) is 0 Å². The zero-order valence-corrected chi connectivity index (χ0v) is 12.2. The van der Waals surface area contributed by atoms with Crippen LogP contribution in [0.5, 0.6) is 0 Å². The van der Waals surface area contributed by atoms with E-state index in [9.17, 15) is 4.79 Å². The Morgan fingerprint density at radius 3 is 2.43 bits per heavy atom. The molecule has 0 aliphatic carbocycles. The predicted molar refractivity (Wildman–Crippen MR) is 74.4 cm³/mol. The Bertz CT molecular complexity index is 589. The van der Waals surface area contributed by atoms with E-state index in [1.165, 1.54) is 21.3 Å². The van der Waals surface area contributed by atoms with Gasteiger partial charge >= 0.3 is 5.97 Å². The van der Waals surface area contributed by atoms with E-state index in [1.807, 2.05) is 30.3 Å². The normalized spacial score (nSPS) is 10.9. The van der Waals surface area contributed by atoms with Gasteiger partial charge in [-0.05, 0) is 0 Å². The molecule has 0 saturated carbocycles. The van der Waals surface area contributed by atoms with Crippen molar-refractivity contribution in [2.24, 2.45) is 0 Å². The van der Waals surface area contributed by atoms with Gasteiger partial charge in [0.25, 0.3) is 0 Å². The predicted octanol–water partition coefficient (Wildman–Crippen LogP) is 2.35. The van der Waals surface area contributed by atoms with Crippen LogP contribution in [0.4, 0.5) is 0 Å². The van der Waals surface area contributed by atoms with Crippen LogP contribution in [-0.4, -0.2) is 32.5 Å². The third kappa shape index (κ3) is 3.29. The molecule has 0 bridgehead atoms. The summed E-state index contributed by atoms with van der Waals surface area (Å²) in [5.41, 5.74) is 2.03. The minimum Gasteiger partial charge on any atom is -0.469 e. The molecule has 1 aromatic carbocycles. The molecule has 21 heavy (non-hydrogen) atoms. The van der Waals surface area contributed by atoms with Crippen LogP contribution in [0.1, 0.15) is 17.6 Å². The third-order valence-corrected chi connectivity index (χ3v) is 3.05. The second-order valence-electron chi connectivity index (χ2n) is 4.29. The highest BCUT2D eigenvalue weighted by molar-refractivity contribution is 5.73. The van der Waals surface area contributed by atoms with Crippen molar-refractivity contribution in [1.82, 2.24) is 5.16 Å². The van der Waals surface area contributed by atoms with Crippen LogP contribution in [-0.2, 0) is 25.4 Å². The molecule has 0 aliphatic heterocycles. The van der Waals surface area contributed by atoms with Crippen molar-refractivity contribution in [3.8, 4) is 11.3 Å². The molecule has 6 nitrogen and oxygen atoms in total. The molecule has 0 N–H and O–H groups in total. The van der Waals surface area contributed by atoms with E-state index in [2.05, 4.69) is 9.89 Å². The molecule has 0 saturated heterocycles. The number of ether oxygens (including phenoxy) is 3. The fourth-order valence-electron chi connectivity index (χ4n) is 2.04. The molecule has 0 aliphatic rings. The average Bonchev–Trinajstić information content (AvgIpc) is 2.93. The molecule has 2 aromatic rings. The van der Waals surface area contributed by atoms with Gasteiger partial charge in [0.15, 0.2) is 12.1 Å². The molecule has 0 unspecified atom stereocenters. The molecular formula is C15H17NO5. The first-order valence-electron chi connectivity index (χ1n) is 6.37. The number of methoxy groups -OCH3 is 3. The SMILES string of the molecule is COC(=O)Cc1onc(-c2ccccc2)c1C(OC)OC. The highest BCUT2D eigenvalue weighted by Crippen LogP contribution is 2.32. The van der Waals surface area contributed by atoms with Crippen LogP contribution in [0.25, 0.3) is 11.3 Å². The Morgan fingerprint density at radius 2 is 1.86 bits per heavy atom. The van der Waals surface area contributed by atoms with E-state index >= 15 is 0 Å². The summed E-state index contributed by atoms with van der Waals surface area (Å²) in [6, 6.07) is 9.48. The highest BCUT2D eigenvalue weighted by atomic mass is 16.7.